The lowest BCUT2D eigenvalue weighted by molar-refractivity contribution is -0.129. The number of carbonyl (C=O) groups is 2. The Bertz CT molecular complexity index is 793. The Morgan fingerprint density at radius 2 is 1.94 bits per heavy atom. The van der Waals surface area contributed by atoms with E-state index in [1.165, 1.54) is 31.2 Å². The van der Waals surface area contributed by atoms with Gasteiger partial charge in [0.1, 0.15) is 17.5 Å². The van der Waals surface area contributed by atoms with E-state index in [9.17, 15) is 14.0 Å². The van der Waals surface area contributed by atoms with Gasteiger partial charge < -0.3 is 15.0 Å². The Balaban J connectivity index is 0.000000388. The van der Waals surface area contributed by atoms with Crippen molar-refractivity contribution in [3.63, 3.8) is 0 Å². The second-order valence-corrected chi connectivity index (χ2v) is 7.94. The molecule has 1 N–H and O–H groups in total. The number of nitrogens with one attached hydrogen (secondary N) is 1. The molecule has 1 aromatic rings. The lowest BCUT2D eigenvalue weighted by atomic mass is 10.1. The summed E-state index contributed by atoms with van der Waals surface area (Å²) in [6, 6.07) is 1.13. The summed E-state index contributed by atoms with van der Waals surface area (Å²) in [5.74, 6) is -0.603. The van der Waals surface area contributed by atoms with Gasteiger partial charge in [0, 0.05) is 32.0 Å². The monoisotopic (exact) mass is 465 g/mol. The first-order chi connectivity index (χ1) is 15.4. The number of rotatable bonds is 4. The highest BCUT2D eigenvalue weighted by Gasteiger charge is 2.18. The molecule has 178 valence electrons. The first-order valence-electron chi connectivity index (χ1n) is 11.2. The fourth-order valence-corrected chi connectivity index (χ4v) is 3.68. The molecular weight excluding hydrogens is 429 g/mol. The Hall–Kier alpha value is -2.35. The van der Waals surface area contributed by atoms with Gasteiger partial charge in [-0.15, -0.1) is 11.8 Å². The van der Waals surface area contributed by atoms with E-state index in [-0.39, 0.29) is 23.5 Å². The van der Waals surface area contributed by atoms with E-state index < -0.39 is 11.7 Å². The van der Waals surface area contributed by atoms with E-state index in [0.717, 1.165) is 38.2 Å². The molecule has 0 bridgehead atoms. The van der Waals surface area contributed by atoms with Crippen LogP contribution in [-0.2, 0) is 4.79 Å². The molecule has 32 heavy (non-hydrogen) atoms. The molecule has 1 unspecified atom stereocenters. The summed E-state index contributed by atoms with van der Waals surface area (Å²) in [5.41, 5.74) is 0.105. The van der Waals surface area contributed by atoms with E-state index in [4.69, 9.17) is 4.74 Å². The fourth-order valence-electron chi connectivity index (χ4n) is 3.18. The number of allylic oxidation sites excluding steroid dienone is 2. The van der Waals surface area contributed by atoms with Crippen LogP contribution in [0.4, 0.5) is 4.39 Å². The maximum absolute atomic E-state index is 13.3. The Kier molecular flexibility index (Phi) is 13.4. The summed E-state index contributed by atoms with van der Waals surface area (Å²) < 4.78 is 19.0. The molecule has 1 aromatic heterocycles. The minimum absolute atomic E-state index is 0.105. The van der Waals surface area contributed by atoms with Crippen LogP contribution in [-0.4, -0.2) is 54.2 Å². The minimum atomic E-state index is -0.566. The first-order valence-corrected chi connectivity index (χ1v) is 12.4. The smallest absolute Gasteiger partial charge is 0.256 e. The van der Waals surface area contributed by atoms with E-state index in [1.807, 2.05) is 37.2 Å². The highest BCUT2D eigenvalue weighted by atomic mass is 32.2. The van der Waals surface area contributed by atoms with Gasteiger partial charge in [-0.2, -0.15) is 0 Å². The van der Waals surface area contributed by atoms with Gasteiger partial charge in [-0.3, -0.25) is 9.59 Å². The molecule has 1 aliphatic heterocycles. The second kappa shape index (κ2) is 15.5. The average molecular weight is 466 g/mol. The number of pyridine rings is 1. The maximum atomic E-state index is 13.3. The molecule has 2 heterocycles. The molecule has 2 amide bonds. The molecule has 1 saturated heterocycles. The van der Waals surface area contributed by atoms with Crippen molar-refractivity contribution < 1.29 is 18.7 Å². The summed E-state index contributed by atoms with van der Waals surface area (Å²) in [6.07, 6.45) is 14.3. The zero-order chi connectivity index (χ0) is 23.9. The molecule has 0 radical (unpaired) electrons. The van der Waals surface area contributed by atoms with Crippen molar-refractivity contribution in [1.82, 2.24) is 15.2 Å². The van der Waals surface area contributed by atoms with Crippen molar-refractivity contribution in [2.24, 2.45) is 0 Å². The maximum Gasteiger partial charge on any atom is 0.256 e. The molecule has 8 heteroatoms. The number of likely N-dealkylation sites (tertiary alicyclic amines) is 1. The van der Waals surface area contributed by atoms with Crippen LogP contribution in [0.15, 0.2) is 35.4 Å². The molecule has 3 rings (SSSR count). The predicted octanol–water partition coefficient (Wildman–Crippen LogP) is 4.97. The number of thioether (sulfide) groups is 1. The van der Waals surface area contributed by atoms with Crippen LogP contribution in [0, 0.1) is 5.82 Å². The second-order valence-electron chi connectivity index (χ2n) is 7.06. The lowest BCUT2D eigenvalue weighted by Crippen LogP contribution is -2.33. The van der Waals surface area contributed by atoms with Crippen molar-refractivity contribution in [2.45, 2.75) is 59.0 Å². The van der Waals surface area contributed by atoms with Gasteiger partial charge >= 0.3 is 0 Å². The molecule has 0 aromatic carbocycles. The van der Waals surface area contributed by atoms with Gasteiger partial charge in [0.25, 0.3) is 5.91 Å². The van der Waals surface area contributed by atoms with Crippen molar-refractivity contribution in [3.8, 4) is 5.88 Å². The summed E-state index contributed by atoms with van der Waals surface area (Å²) >= 11 is 1.67. The van der Waals surface area contributed by atoms with Gasteiger partial charge in [0.15, 0.2) is 0 Å². The van der Waals surface area contributed by atoms with E-state index in [2.05, 4.69) is 16.4 Å². The highest BCUT2D eigenvalue weighted by molar-refractivity contribution is 8.02. The largest absolute Gasteiger partial charge is 0.470 e. The number of ether oxygens (including phenoxy) is 1. The molecule has 0 saturated carbocycles. The van der Waals surface area contributed by atoms with Gasteiger partial charge in [-0.1, -0.05) is 19.9 Å². The van der Waals surface area contributed by atoms with Crippen LogP contribution in [0.25, 0.3) is 0 Å². The van der Waals surface area contributed by atoms with Crippen molar-refractivity contribution >= 4 is 23.6 Å². The summed E-state index contributed by atoms with van der Waals surface area (Å²) in [5, 5.41) is 2.46. The first kappa shape index (κ1) is 27.7. The molecule has 0 spiro atoms. The average Bonchev–Trinajstić information content (AvgIpc) is 3.07. The molecule has 2 aliphatic rings. The van der Waals surface area contributed by atoms with Gasteiger partial charge in [0.05, 0.1) is 6.20 Å². The van der Waals surface area contributed by atoms with E-state index in [1.54, 1.807) is 18.7 Å². The van der Waals surface area contributed by atoms with Gasteiger partial charge in [-0.05, 0) is 56.6 Å². The fraction of sp³-hybridized carbons (Fsp3) is 0.542. The third-order valence-electron chi connectivity index (χ3n) is 4.86. The quantitative estimate of drug-likeness (QED) is 0.680. The number of hydrogen-bond donors (Lipinski definition) is 1. The number of hydrogen-bond acceptors (Lipinski definition) is 5. The number of nitrogens with zero attached hydrogens (tertiary/aromatic N) is 2. The molecular formula is C24H36FN3O3S. The van der Waals surface area contributed by atoms with E-state index >= 15 is 0 Å². The Morgan fingerprint density at radius 1 is 1.25 bits per heavy atom. The number of piperidine rings is 1. The SMILES string of the molecule is CC.CC(=O)N1CCCCC1.CNC(=O)c1cc(F)cnc1OC1C=CC(SC)=CCC1. The molecule has 6 nitrogen and oxygen atoms in total. The van der Waals surface area contributed by atoms with Crippen LogP contribution in [0.1, 0.15) is 63.2 Å². The van der Waals surface area contributed by atoms with Crippen molar-refractivity contribution in [2.75, 3.05) is 26.4 Å². The summed E-state index contributed by atoms with van der Waals surface area (Å²) in [7, 11) is 1.48. The number of carbonyl (C=O) groups excluding carboxylic acids is 2. The molecule has 1 fully saturated rings. The van der Waals surface area contributed by atoms with Crippen LogP contribution in [0.2, 0.25) is 0 Å². The highest BCUT2D eigenvalue weighted by Crippen LogP contribution is 2.23. The number of amides is 2. The van der Waals surface area contributed by atoms with E-state index in [0.29, 0.717) is 0 Å². The third-order valence-corrected chi connectivity index (χ3v) is 5.64. The van der Waals surface area contributed by atoms with Crippen LogP contribution < -0.4 is 10.1 Å². The summed E-state index contributed by atoms with van der Waals surface area (Å²) in [6.45, 7) is 7.61. The predicted molar refractivity (Wildman–Crippen MR) is 129 cm³/mol. The number of aromatic nitrogens is 1. The lowest BCUT2D eigenvalue weighted by Gasteiger charge is -2.24. The zero-order valence-corrected chi connectivity index (χ0v) is 20.6. The van der Waals surface area contributed by atoms with Crippen LogP contribution in [0.3, 0.4) is 0 Å². The Labute approximate surface area is 195 Å². The standard InChI is InChI=1S/C15H17FN2O2S.C7H13NO.C2H6/c1-17-14(19)13-8-10(16)9-18-15(13)20-11-4-3-5-12(21-2)7-6-11;1-7(9)8-5-3-2-4-6-8;1-2/h5-9,11H,3-4H2,1-2H3,(H,17,19);2-6H2,1H3;1-2H3. The number of halogens is 1. The van der Waals surface area contributed by atoms with Gasteiger partial charge in [0.2, 0.25) is 11.8 Å². The Morgan fingerprint density at radius 3 is 2.50 bits per heavy atom. The van der Waals surface area contributed by atoms with Crippen molar-refractivity contribution in [1.29, 1.82) is 0 Å². The summed E-state index contributed by atoms with van der Waals surface area (Å²) in [4.78, 5) is 29.5. The normalized spacial score (nSPS) is 17.5. The van der Waals surface area contributed by atoms with Crippen molar-refractivity contribution in [3.05, 3.63) is 46.8 Å². The van der Waals surface area contributed by atoms with Crippen LogP contribution >= 0.6 is 11.8 Å². The topological polar surface area (TPSA) is 71.5 Å². The van der Waals surface area contributed by atoms with Gasteiger partial charge in [-0.25, -0.2) is 9.37 Å². The zero-order valence-electron chi connectivity index (χ0n) is 19.8. The third kappa shape index (κ3) is 9.42. The minimum Gasteiger partial charge on any atom is -0.470 e. The van der Waals surface area contributed by atoms with Crippen LogP contribution in [0.5, 0.6) is 5.88 Å². The molecule has 1 atom stereocenters. The molecule has 1 aliphatic carbocycles.